The maximum Gasteiger partial charge on any atom is 0.248 e. The number of carbonyl (C=O) groups excluding carboxylic acids is 1. The third kappa shape index (κ3) is 3.56. The Balaban J connectivity index is 1.95. The van der Waals surface area contributed by atoms with E-state index in [0.717, 1.165) is 25.9 Å². The molecule has 6 heteroatoms. The molecular formula is C14H24N4O2. The molecule has 0 spiro atoms. The average Bonchev–Trinajstić information content (AvgIpc) is 2.89. The molecule has 2 atom stereocenters. The lowest BCUT2D eigenvalue weighted by Crippen LogP contribution is -2.41. The van der Waals surface area contributed by atoms with Crippen LogP contribution >= 0.6 is 0 Å². The van der Waals surface area contributed by atoms with Gasteiger partial charge in [0.15, 0.2) is 5.82 Å². The highest BCUT2D eigenvalue weighted by atomic mass is 16.5. The molecule has 6 nitrogen and oxygen atoms in total. The van der Waals surface area contributed by atoms with Crippen molar-refractivity contribution in [2.45, 2.75) is 52.0 Å². The first kappa shape index (κ1) is 15.0. The first-order valence-electron chi connectivity index (χ1n) is 7.23. The van der Waals surface area contributed by atoms with Crippen molar-refractivity contribution in [3.63, 3.8) is 0 Å². The Morgan fingerprint density at radius 2 is 2.25 bits per heavy atom. The topological polar surface area (TPSA) is 80.0 Å². The molecule has 0 radical (unpaired) electrons. The van der Waals surface area contributed by atoms with Gasteiger partial charge in [0.05, 0.1) is 5.92 Å². The smallest absolute Gasteiger partial charge is 0.248 e. The van der Waals surface area contributed by atoms with Crippen LogP contribution in [0.5, 0.6) is 0 Å². The van der Waals surface area contributed by atoms with E-state index < -0.39 is 0 Å². The van der Waals surface area contributed by atoms with Crippen molar-refractivity contribution in [1.29, 1.82) is 0 Å². The molecule has 2 heterocycles. The van der Waals surface area contributed by atoms with Crippen molar-refractivity contribution in [2.24, 2.45) is 5.92 Å². The molecular weight excluding hydrogens is 256 g/mol. The van der Waals surface area contributed by atoms with Crippen LogP contribution in [0, 0.1) is 5.92 Å². The number of carbonyl (C=O) groups is 1. The fraction of sp³-hybridized carbons (Fsp3) is 0.786. The molecule has 1 saturated heterocycles. The number of nitrogens with zero attached hydrogens (tertiary/aromatic N) is 2. The van der Waals surface area contributed by atoms with Gasteiger partial charge in [-0.25, -0.2) is 0 Å². The molecule has 1 aliphatic heterocycles. The van der Waals surface area contributed by atoms with Crippen molar-refractivity contribution in [3.05, 3.63) is 11.7 Å². The van der Waals surface area contributed by atoms with E-state index in [4.69, 9.17) is 4.52 Å². The highest BCUT2D eigenvalue weighted by molar-refractivity contribution is 5.79. The Kier molecular flexibility index (Phi) is 4.42. The zero-order chi connectivity index (χ0) is 14.8. The van der Waals surface area contributed by atoms with Gasteiger partial charge in [-0.1, -0.05) is 25.9 Å². The summed E-state index contributed by atoms with van der Waals surface area (Å²) in [6.45, 7) is 9.69. The fourth-order valence-electron chi connectivity index (χ4n) is 2.18. The molecule has 1 aliphatic rings. The van der Waals surface area contributed by atoms with Gasteiger partial charge in [0.2, 0.25) is 11.8 Å². The summed E-state index contributed by atoms with van der Waals surface area (Å²) in [5.74, 6) is 1.22. The summed E-state index contributed by atoms with van der Waals surface area (Å²) in [6.07, 6.45) is 1.98. The number of amides is 1. The zero-order valence-electron chi connectivity index (χ0n) is 12.7. The van der Waals surface area contributed by atoms with Crippen LogP contribution in [0.3, 0.4) is 0 Å². The van der Waals surface area contributed by atoms with Gasteiger partial charge in [0.25, 0.3) is 0 Å². The maximum atomic E-state index is 12.1. The van der Waals surface area contributed by atoms with E-state index >= 15 is 0 Å². The van der Waals surface area contributed by atoms with Gasteiger partial charge in [-0.05, 0) is 26.3 Å². The highest BCUT2D eigenvalue weighted by Gasteiger charge is 2.26. The Morgan fingerprint density at radius 3 is 2.80 bits per heavy atom. The maximum absolute atomic E-state index is 12.1. The van der Waals surface area contributed by atoms with Gasteiger partial charge >= 0.3 is 0 Å². The van der Waals surface area contributed by atoms with Gasteiger partial charge in [0, 0.05) is 12.0 Å². The molecule has 1 aromatic heterocycles. The van der Waals surface area contributed by atoms with Gasteiger partial charge in [0.1, 0.15) is 6.04 Å². The molecule has 1 amide bonds. The zero-order valence-corrected chi connectivity index (χ0v) is 12.7. The Bertz CT molecular complexity index is 458. The summed E-state index contributed by atoms with van der Waals surface area (Å²) in [5, 5.41) is 10.2. The quantitative estimate of drug-likeness (QED) is 0.878. The van der Waals surface area contributed by atoms with E-state index in [1.165, 1.54) is 0 Å². The molecule has 0 saturated carbocycles. The summed E-state index contributed by atoms with van der Waals surface area (Å²) in [4.78, 5) is 16.5. The third-order valence-electron chi connectivity index (χ3n) is 3.51. The second-order valence-electron chi connectivity index (χ2n) is 6.48. The second-order valence-corrected chi connectivity index (χ2v) is 6.48. The minimum Gasteiger partial charge on any atom is -0.344 e. The molecule has 0 aromatic carbocycles. The first-order valence-corrected chi connectivity index (χ1v) is 7.23. The van der Waals surface area contributed by atoms with Crippen molar-refractivity contribution in [1.82, 2.24) is 20.8 Å². The predicted molar refractivity (Wildman–Crippen MR) is 75.1 cm³/mol. The third-order valence-corrected chi connectivity index (χ3v) is 3.51. The lowest BCUT2D eigenvalue weighted by atomic mass is 9.96. The average molecular weight is 280 g/mol. The minimum absolute atomic E-state index is 0.0382. The molecule has 20 heavy (non-hydrogen) atoms. The van der Waals surface area contributed by atoms with E-state index in [9.17, 15) is 4.79 Å². The van der Waals surface area contributed by atoms with E-state index in [1.807, 2.05) is 27.7 Å². The molecule has 1 aromatic rings. The van der Waals surface area contributed by atoms with Crippen LogP contribution in [0.15, 0.2) is 4.52 Å². The predicted octanol–water partition coefficient (Wildman–Crippen LogP) is 1.54. The molecule has 0 aliphatic carbocycles. The summed E-state index contributed by atoms with van der Waals surface area (Å²) in [7, 11) is 0. The van der Waals surface area contributed by atoms with E-state index in [-0.39, 0.29) is 23.3 Å². The van der Waals surface area contributed by atoms with Gasteiger partial charge < -0.3 is 15.2 Å². The number of hydrogen-bond acceptors (Lipinski definition) is 5. The van der Waals surface area contributed by atoms with E-state index in [1.54, 1.807) is 0 Å². The molecule has 2 unspecified atom stereocenters. The number of aromatic nitrogens is 2. The standard InChI is InChI=1S/C14H24N4O2/c1-9(12-17-13(18-20-12)14(2,3)4)16-11(19)10-6-5-7-15-8-10/h9-10,15H,5-8H2,1-4H3,(H,16,19). The minimum atomic E-state index is -0.256. The molecule has 2 N–H and O–H groups in total. The van der Waals surface area contributed by atoms with Gasteiger partial charge in [-0.2, -0.15) is 4.98 Å². The van der Waals surface area contributed by atoms with Crippen LogP contribution in [0.2, 0.25) is 0 Å². The van der Waals surface area contributed by atoms with Crippen LogP contribution < -0.4 is 10.6 Å². The summed E-state index contributed by atoms with van der Waals surface area (Å²) >= 11 is 0. The number of hydrogen-bond donors (Lipinski definition) is 2. The number of rotatable bonds is 3. The molecule has 112 valence electrons. The van der Waals surface area contributed by atoms with Crippen molar-refractivity contribution in [3.8, 4) is 0 Å². The monoisotopic (exact) mass is 280 g/mol. The summed E-state index contributed by atoms with van der Waals surface area (Å²) in [6, 6.07) is -0.256. The number of piperidine rings is 1. The molecule has 1 fully saturated rings. The van der Waals surface area contributed by atoms with Crippen LogP contribution in [0.1, 0.15) is 58.3 Å². The van der Waals surface area contributed by atoms with Crippen LogP contribution in [0.25, 0.3) is 0 Å². The van der Waals surface area contributed by atoms with Crippen molar-refractivity contribution in [2.75, 3.05) is 13.1 Å². The van der Waals surface area contributed by atoms with Crippen LogP contribution in [0.4, 0.5) is 0 Å². The molecule has 0 bridgehead atoms. The van der Waals surface area contributed by atoms with Crippen molar-refractivity contribution >= 4 is 5.91 Å². The van der Waals surface area contributed by atoms with Gasteiger partial charge in [-0.3, -0.25) is 4.79 Å². The van der Waals surface area contributed by atoms with Crippen molar-refractivity contribution < 1.29 is 9.32 Å². The Hall–Kier alpha value is -1.43. The highest BCUT2D eigenvalue weighted by Crippen LogP contribution is 2.21. The second kappa shape index (κ2) is 5.91. The largest absolute Gasteiger partial charge is 0.344 e. The van der Waals surface area contributed by atoms with E-state index in [2.05, 4.69) is 20.8 Å². The van der Waals surface area contributed by atoms with E-state index in [0.29, 0.717) is 11.7 Å². The lowest BCUT2D eigenvalue weighted by Gasteiger charge is -2.23. The SMILES string of the molecule is CC(NC(=O)C1CCCNC1)c1nc(C(C)(C)C)no1. The Labute approximate surface area is 119 Å². The molecule has 2 rings (SSSR count). The van der Waals surface area contributed by atoms with Crippen LogP contribution in [-0.4, -0.2) is 29.1 Å². The van der Waals surface area contributed by atoms with Crippen LogP contribution in [-0.2, 0) is 10.2 Å². The summed E-state index contributed by atoms with van der Waals surface area (Å²) in [5.41, 5.74) is -0.154. The number of nitrogens with one attached hydrogen (secondary N) is 2. The first-order chi connectivity index (χ1) is 9.38. The van der Waals surface area contributed by atoms with Gasteiger partial charge in [-0.15, -0.1) is 0 Å². The Morgan fingerprint density at radius 1 is 1.50 bits per heavy atom. The summed E-state index contributed by atoms with van der Waals surface area (Å²) < 4.78 is 5.25. The lowest BCUT2D eigenvalue weighted by molar-refractivity contribution is -0.126. The fourth-order valence-corrected chi connectivity index (χ4v) is 2.18. The normalized spacial score (nSPS) is 21.5.